The van der Waals surface area contributed by atoms with E-state index in [1.807, 2.05) is 0 Å². The molecular weight excluding hydrogens is 172 g/mol. The third-order valence-corrected chi connectivity index (χ3v) is 3.27. The summed E-state index contributed by atoms with van der Waals surface area (Å²) in [4.78, 5) is 4.71. The fourth-order valence-electron chi connectivity index (χ4n) is 2.49. The molecule has 2 heterocycles. The molecule has 1 aliphatic carbocycles. The first kappa shape index (κ1) is 8.04. The Morgan fingerprint density at radius 2 is 2.43 bits per heavy atom. The number of fused-ring (bicyclic) bond motifs is 3. The minimum absolute atomic E-state index is 0.699. The van der Waals surface area contributed by atoms with Crippen LogP contribution >= 0.6 is 0 Å². The summed E-state index contributed by atoms with van der Waals surface area (Å²) in [5.41, 5.74) is 3.89. The summed E-state index contributed by atoms with van der Waals surface area (Å²) in [6.45, 7) is 2.25. The van der Waals surface area contributed by atoms with Gasteiger partial charge in [0.15, 0.2) is 0 Å². The van der Waals surface area contributed by atoms with Gasteiger partial charge in [-0.2, -0.15) is 0 Å². The standard InChI is InChI=1S/C12H14N2/c1-2-9-6-7-10-12(9)13-11-5-3-4-8-14(10)11/h3-5,8-9H,2,6-7H2,1H3. The molecule has 0 aliphatic heterocycles. The lowest BCUT2D eigenvalue weighted by atomic mass is 10.1. The van der Waals surface area contributed by atoms with Gasteiger partial charge >= 0.3 is 0 Å². The normalized spacial score (nSPS) is 20.2. The van der Waals surface area contributed by atoms with Crippen molar-refractivity contribution in [1.82, 2.24) is 9.38 Å². The predicted molar refractivity (Wildman–Crippen MR) is 56.5 cm³/mol. The Labute approximate surface area is 83.6 Å². The van der Waals surface area contributed by atoms with E-state index in [9.17, 15) is 0 Å². The van der Waals surface area contributed by atoms with Gasteiger partial charge in [-0.15, -0.1) is 0 Å². The second kappa shape index (κ2) is 2.84. The molecule has 1 unspecified atom stereocenters. The van der Waals surface area contributed by atoms with Crippen LogP contribution in [0.25, 0.3) is 5.65 Å². The van der Waals surface area contributed by atoms with Crippen LogP contribution in [0.15, 0.2) is 24.4 Å². The Hall–Kier alpha value is -1.31. The number of aryl methyl sites for hydroxylation is 1. The highest BCUT2D eigenvalue weighted by Gasteiger charge is 2.25. The molecule has 1 atom stereocenters. The molecule has 14 heavy (non-hydrogen) atoms. The first-order valence-electron chi connectivity index (χ1n) is 5.36. The van der Waals surface area contributed by atoms with Gasteiger partial charge in [0.25, 0.3) is 0 Å². The summed E-state index contributed by atoms with van der Waals surface area (Å²) in [6.07, 6.45) is 5.82. The first-order valence-corrected chi connectivity index (χ1v) is 5.36. The van der Waals surface area contributed by atoms with E-state index in [2.05, 4.69) is 35.7 Å². The van der Waals surface area contributed by atoms with Gasteiger partial charge in [-0.3, -0.25) is 0 Å². The third kappa shape index (κ3) is 0.939. The highest BCUT2D eigenvalue weighted by molar-refractivity contribution is 5.45. The molecule has 3 rings (SSSR count). The smallest absolute Gasteiger partial charge is 0.137 e. The number of nitrogens with zero attached hydrogens (tertiary/aromatic N) is 2. The molecule has 0 amide bonds. The van der Waals surface area contributed by atoms with E-state index < -0.39 is 0 Å². The van der Waals surface area contributed by atoms with Crippen LogP contribution < -0.4 is 0 Å². The van der Waals surface area contributed by atoms with Crippen molar-refractivity contribution in [2.75, 3.05) is 0 Å². The average molecular weight is 186 g/mol. The fraction of sp³-hybridized carbons (Fsp3) is 0.417. The maximum Gasteiger partial charge on any atom is 0.137 e. The molecule has 72 valence electrons. The third-order valence-electron chi connectivity index (χ3n) is 3.27. The second-order valence-corrected chi connectivity index (χ2v) is 4.02. The van der Waals surface area contributed by atoms with E-state index in [4.69, 9.17) is 4.98 Å². The monoisotopic (exact) mass is 186 g/mol. The second-order valence-electron chi connectivity index (χ2n) is 4.02. The summed E-state index contributed by atoms with van der Waals surface area (Å²) in [5.74, 6) is 0.699. The minimum atomic E-state index is 0.699. The number of imidazole rings is 1. The Bertz CT molecular complexity index is 470. The van der Waals surface area contributed by atoms with E-state index >= 15 is 0 Å². The largest absolute Gasteiger partial charge is 0.304 e. The van der Waals surface area contributed by atoms with Crippen molar-refractivity contribution in [2.24, 2.45) is 0 Å². The van der Waals surface area contributed by atoms with Crippen LogP contribution in [0, 0.1) is 0 Å². The van der Waals surface area contributed by atoms with Crippen molar-refractivity contribution in [3.05, 3.63) is 35.8 Å². The van der Waals surface area contributed by atoms with Gasteiger partial charge in [-0.25, -0.2) is 4.98 Å². The van der Waals surface area contributed by atoms with Gasteiger partial charge in [-0.05, 0) is 31.4 Å². The lowest BCUT2D eigenvalue weighted by molar-refractivity contribution is 0.641. The van der Waals surface area contributed by atoms with E-state index in [1.165, 1.54) is 30.7 Å². The van der Waals surface area contributed by atoms with E-state index in [1.54, 1.807) is 0 Å². The van der Waals surface area contributed by atoms with Crippen molar-refractivity contribution < 1.29 is 0 Å². The van der Waals surface area contributed by atoms with Gasteiger partial charge in [-0.1, -0.05) is 13.0 Å². The molecule has 2 nitrogen and oxygen atoms in total. The van der Waals surface area contributed by atoms with Crippen molar-refractivity contribution in [3.63, 3.8) is 0 Å². The SMILES string of the molecule is CCC1CCc2c1nc1ccccn21. The molecule has 0 saturated heterocycles. The lowest BCUT2D eigenvalue weighted by Crippen LogP contribution is -1.90. The molecule has 0 fully saturated rings. The molecule has 0 saturated carbocycles. The van der Waals surface area contributed by atoms with Crippen LogP contribution in [0.5, 0.6) is 0 Å². The highest BCUT2D eigenvalue weighted by atomic mass is 15.0. The average Bonchev–Trinajstić information content (AvgIpc) is 2.75. The Balaban J connectivity index is 2.26. The molecular formula is C12H14N2. The molecule has 1 aliphatic rings. The van der Waals surface area contributed by atoms with Gasteiger partial charge in [0.1, 0.15) is 5.65 Å². The highest BCUT2D eigenvalue weighted by Crippen LogP contribution is 2.34. The molecule has 0 bridgehead atoms. The van der Waals surface area contributed by atoms with Gasteiger partial charge in [0.05, 0.1) is 5.69 Å². The quantitative estimate of drug-likeness (QED) is 0.669. The lowest BCUT2D eigenvalue weighted by Gasteiger charge is -2.02. The van der Waals surface area contributed by atoms with E-state index in [0.29, 0.717) is 5.92 Å². The maximum absolute atomic E-state index is 4.71. The van der Waals surface area contributed by atoms with Crippen molar-refractivity contribution >= 4 is 5.65 Å². The van der Waals surface area contributed by atoms with Crippen LogP contribution in [0.1, 0.15) is 37.1 Å². The first-order chi connectivity index (χ1) is 6.90. The number of hydrogen-bond acceptors (Lipinski definition) is 1. The molecule has 0 aromatic carbocycles. The molecule has 2 aromatic heterocycles. The van der Waals surface area contributed by atoms with Crippen molar-refractivity contribution in [2.45, 2.75) is 32.1 Å². The van der Waals surface area contributed by atoms with E-state index in [0.717, 1.165) is 5.65 Å². The Kier molecular flexibility index (Phi) is 1.63. The van der Waals surface area contributed by atoms with E-state index in [-0.39, 0.29) is 0 Å². The van der Waals surface area contributed by atoms with Gasteiger partial charge in [0.2, 0.25) is 0 Å². The van der Waals surface area contributed by atoms with Crippen LogP contribution in [0.3, 0.4) is 0 Å². The fourth-order valence-corrected chi connectivity index (χ4v) is 2.49. The predicted octanol–water partition coefficient (Wildman–Crippen LogP) is 2.77. The number of aromatic nitrogens is 2. The number of pyridine rings is 1. The molecule has 2 aromatic rings. The summed E-state index contributed by atoms with van der Waals surface area (Å²) < 4.78 is 2.24. The topological polar surface area (TPSA) is 17.3 Å². The number of hydrogen-bond donors (Lipinski definition) is 0. The zero-order valence-electron chi connectivity index (χ0n) is 8.40. The van der Waals surface area contributed by atoms with Crippen molar-refractivity contribution in [3.8, 4) is 0 Å². The van der Waals surface area contributed by atoms with Crippen LogP contribution in [0.2, 0.25) is 0 Å². The summed E-state index contributed by atoms with van der Waals surface area (Å²) in [7, 11) is 0. The zero-order chi connectivity index (χ0) is 9.54. The molecule has 0 radical (unpaired) electrons. The molecule has 0 spiro atoms. The molecule has 0 N–H and O–H groups in total. The summed E-state index contributed by atoms with van der Waals surface area (Å²) in [5, 5.41) is 0. The number of rotatable bonds is 1. The van der Waals surface area contributed by atoms with Crippen molar-refractivity contribution in [1.29, 1.82) is 0 Å². The van der Waals surface area contributed by atoms with Gasteiger partial charge < -0.3 is 4.40 Å². The Morgan fingerprint density at radius 3 is 3.29 bits per heavy atom. The van der Waals surface area contributed by atoms with Crippen LogP contribution in [0.4, 0.5) is 0 Å². The summed E-state index contributed by atoms with van der Waals surface area (Å²) >= 11 is 0. The van der Waals surface area contributed by atoms with Crippen LogP contribution in [-0.4, -0.2) is 9.38 Å². The zero-order valence-corrected chi connectivity index (χ0v) is 8.40. The summed E-state index contributed by atoms with van der Waals surface area (Å²) in [6, 6.07) is 6.22. The van der Waals surface area contributed by atoms with Crippen LogP contribution in [-0.2, 0) is 6.42 Å². The maximum atomic E-state index is 4.71. The minimum Gasteiger partial charge on any atom is -0.304 e. The Morgan fingerprint density at radius 1 is 1.50 bits per heavy atom. The molecule has 2 heteroatoms. The van der Waals surface area contributed by atoms with Gasteiger partial charge in [0, 0.05) is 17.8 Å².